The van der Waals surface area contributed by atoms with E-state index in [1.807, 2.05) is 0 Å². The molecule has 0 spiro atoms. The van der Waals surface area contributed by atoms with Gasteiger partial charge in [-0.1, -0.05) is 0 Å². The van der Waals surface area contributed by atoms with Crippen molar-refractivity contribution >= 4 is 22.5 Å². The third kappa shape index (κ3) is 1.96. The lowest BCUT2D eigenvalue weighted by Crippen LogP contribution is -2.19. The molecule has 15 heavy (non-hydrogen) atoms. The van der Waals surface area contributed by atoms with Crippen molar-refractivity contribution in [1.29, 1.82) is 0 Å². The number of nitrogens with one attached hydrogen (secondary N) is 2. The lowest BCUT2D eigenvalue weighted by molar-refractivity contribution is -0.126. The molecule has 1 heterocycles. The first-order valence-electron chi connectivity index (χ1n) is 4.33. The van der Waals surface area contributed by atoms with Crippen molar-refractivity contribution < 1.29 is 13.6 Å². The maximum atomic E-state index is 11.9. The summed E-state index contributed by atoms with van der Waals surface area (Å²) >= 11 is 0. The van der Waals surface area contributed by atoms with Gasteiger partial charge in [-0.25, -0.2) is 0 Å². The Bertz CT molecular complexity index is 493. The normalized spacial score (nSPS) is 10.9. The molecule has 1 aromatic heterocycles. The summed E-state index contributed by atoms with van der Waals surface area (Å²) in [6, 6.07) is 6.72. The fraction of sp³-hybridized carbons (Fsp3) is 0.100. The van der Waals surface area contributed by atoms with Gasteiger partial charge in [0.1, 0.15) is 0 Å². The third-order valence-electron chi connectivity index (χ3n) is 2.02. The Morgan fingerprint density at radius 1 is 1.33 bits per heavy atom. The summed E-state index contributed by atoms with van der Waals surface area (Å²) in [5.41, 5.74) is 1.26. The van der Waals surface area contributed by atoms with Crippen LogP contribution in [-0.4, -0.2) is 17.3 Å². The molecule has 0 saturated heterocycles. The number of hydrogen-bond donors (Lipinski definition) is 2. The number of anilines is 1. The fourth-order valence-electron chi connectivity index (χ4n) is 1.33. The number of fused-ring (bicyclic) bond motifs is 1. The molecular weight excluding hydrogens is 202 g/mol. The molecule has 0 fully saturated rings. The molecular formula is C10H8F2N2O. The van der Waals surface area contributed by atoms with E-state index in [4.69, 9.17) is 0 Å². The van der Waals surface area contributed by atoms with Gasteiger partial charge in [0.2, 0.25) is 0 Å². The highest BCUT2D eigenvalue weighted by molar-refractivity contribution is 5.95. The quantitative estimate of drug-likeness (QED) is 0.785. The second-order valence-corrected chi connectivity index (χ2v) is 3.07. The SMILES string of the molecule is O=C(Nc1ccc2[nH]ccc2c1)C(F)F. The predicted molar refractivity (Wildman–Crippen MR) is 52.9 cm³/mol. The smallest absolute Gasteiger partial charge is 0.315 e. The van der Waals surface area contributed by atoms with Gasteiger partial charge >= 0.3 is 6.43 Å². The van der Waals surface area contributed by atoms with Crippen molar-refractivity contribution in [2.24, 2.45) is 0 Å². The van der Waals surface area contributed by atoms with Gasteiger partial charge < -0.3 is 10.3 Å². The van der Waals surface area contributed by atoms with Crippen LogP contribution in [0, 0.1) is 0 Å². The van der Waals surface area contributed by atoms with Crippen LogP contribution in [0.4, 0.5) is 14.5 Å². The van der Waals surface area contributed by atoms with E-state index in [0.29, 0.717) is 5.69 Å². The van der Waals surface area contributed by atoms with Crippen molar-refractivity contribution in [2.45, 2.75) is 6.43 Å². The molecule has 0 unspecified atom stereocenters. The number of carbonyl (C=O) groups excluding carboxylic acids is 1. The van der Waals surface area contributed by atoms with Crippen LogP contribution in [0.1, 0.15) is 0 Å². The van der Waals surface area contributed by atoms with E-state index in [-0.39, 0.29) is 0 Å². The van der Waals surface area contributed by atoms with Crippen LogP contribution in [-0.2, 0) is 4.79 Å². The van der Waals surface area contributed by atoms with Gasteiger partial charge in [0.25, 0.3) is 5.91 Å². The number of H-pyrrole nitrogens is 1. The molecule has 5 heteroatoms. The van der Waals surface area contributed by atoms with Crippen LogP contribution >= 0.6 is 0 Å². The average molecular weight is 210 g/mol. The minimum Gasteiger partial charge on any atom is -0.361 e. The van der Waals surface area contributed by atoms with E-state index < -0.39 is 12.3 Å². The Labute approximate surface area is 84.1 Å². The number of hydrogen-bond acceptors (Lipinski definition) is 1. The number of aromatic nitrogens is 1. The molecule has 0 saturated carbocycles. The summed E-state index contributed by atoms with van der Waals surface area (Å²) < 4.78 is 23.9. The number of aromatic amines is 1. The van der Waals surface area contributed by atoms with Crippen LogP contribution in [0.3, 0.4) is 0 Å². The minimum absolute atomic E-state index is 0.368. The molecule has 0 aliphatic rings. The third-order valence-corrected chi connectivity index (χ3v) is 2.02. The molecule has 3 nitrogen and oxygen atoms in total. The van der Waals surface area contributed by atoms with Gasteiger partial charge in [0.15, 0.2) is 0 Å². The van der Waals surface area contributed by atoms with Crippen molar-refractivity contribution in [3.8, 4) is 0 Å². The minimum atomic E-state index is -2.99. The van der Waals surface area contributed by atoms with Crippen LogP contribution in [0.2, 0.25) is 0 Å². The second kappa shape index (κ2) is 3.68. The summed E-state index contributed by atoms with van der Waals surface area (Å²) in [5.74, 6) is -1.29. The first-order chi connectivity index (χ1) is 7.16. The number of amides is 1. The Morgan fingerprint density at radius 2 is 2.13 bits per heavy atom. The predicted octanol–water partition coefficient (Wildman–Crippen LogP) is 2.37. The molecule has 0 atom stereocenters. The zero-order valence-corrected chi connectivity index (χ0v) is 7.63. The van der Waals surface area contributed by atoms with E-state index in [2.05, 4.69) is 10.3 Å². The summed E-state index contributed by atoms with van der Waals surface area (Å²) in [6.45, 7) is 0. The van der Waals surface area contributed by atoms with Gasteiger partial charge in [0, 0.05) is 22.8 Å². The molecule has 2 N–H and O–H groups in total. The van der Waals surface area contributed by atoms with E-state index in [1.54, 1.807) is 30.5 Å². The van der Waals surface area contributed by atoms with E-state index in [1.165, 1.54) is 0 Å². The Kier molecular flexibility index (Phi) is 2.37. The van der Waals surface area contributed by atoms with Gasteiger partial charge in [-0.3, -0.25) is 4.79 Å². The molecule has 0 bridgehead atoms. The van der Waals surface area contributed by atoms with Crippen LogP contribution in [0.5, 0.6) is 0 Å². The van der Waals surface area contributed by atoms with E-state index in [0.717, 1.165) is 10.9 Å². The number of alkyl halides is 2. The van der Waals surface area contributed by atoms with Gasteiger partial charge in [-0.05, 0) is 24.3 Å². The first kappa shape index (κ1) is 9.64. The highest BCUT2D eigenvalue weighted by atomic mass is 19.3. The topological polar surface area (TPSA) is 44.9 Å². The molecule has 1 aromatic carbocycles. The number of rotatable bonds is 2. The van der Waals surface area contributed by atoms with Crippen molar-refractivity contribution in [3.05, 3.63) is 30.5 Å². The first-order valence-corrected chi connectivity index (χ1v) is 4.33. The largest absolute Gasteiger partial charge is 0.361 e. The lowest BCUT2D eigenvalue weighted by atomic mass is 10.2. The van der Waals surface area contributed by atoms with Crippen molar-refractivity contribution in [2.75, 3.05) is 5.32 Å². The van der Waals surface area contributed by atoms with E-state index >= 15 is 0 Å². The van der Waals surface area contributed by atoms with Crippen LogP contribution < -0.4 is 5.32 Å². The highest BCUT2D eigenvalue weighted by Gasteiger charge is 2.14. The Hall–Kier alpha value is -1.91. The number of carbonyl (C=O) groups is 1. The zero-order chi connectivity index (χ0) is 10.8. The standard InChI is InChI=1S/C10H8F2N2O/c11-9(12)10(15)14-7-1-2-8-6(5-7)3-4-13-8/h1-5,9,13H,(H,14,15). The summed E-state index contributed by atoms with van der Waals surface area (Å²) in [6.07, 6.45) is -1.25. The Morgan fingerprint density at radius 3 is 2.87 bits per heavy atom. The maximum absolute atomic E-state index is 11.9. The van der Waals surface area contributed by atoms with Crippen molar-refractivity contribution in [3.63, 3.8) is 0 Å². The average Bonchev–Trinajstić information content (AvgIpc) is 2.64. The molecule has 0 aliphatic heterocycles. The Balaban J connectivity index is 2.25. The molecule has 1 amide bonds. The maximum Gasteiger partial charge on any atom is 0.315 e. The van der Waals surface area contributed by atoms with Gasteiger partial charge in [0.05, 0.1) is 0 Å². The zero-order valence-electron chi connectivity index (χ0n) is 7.63. The molecule has 2 aromatic rings. The summed E-state index contributed by atoms with van der Waals surface area (Å²) in [7, 11) is 0. The molecule has 78 valence electrons. The lowest BCUT2D eigenvalue weighted by Gasteiger charge is -2.03. The van der Waals surface area contributed by atoms with E-state index in [9.17, 15) is 13.6 Å². The number of halogens is 2. The van der Waals surface area contributed by atoms with Gasteiger partial charge in [-0.2, -0.15) is 8.78 Å². The highest BCUT2D eigenvalue weighted by Crippen LogP contribution is 2.18. The van der Waals surface area contributed by atoms with Crippen LogP contribution in [0.15, 0.2) is 30.5 Å². The summed E-state index contributed by atoms with van der Waals surface area (Å²) in [5, 5.41) is 2.98. The number of benzene rings is 1. The monoisotopic (exact) mass is 210 g/mol. The van der Waals surface area contributed by atoms with Gasteiger partial charge in [-0.15, -0.1) is 0 Å². The fourth-order valence-corrected chi connectivity index (χ4v) is 1.33. The summed E-state index contributed by atoms with van der Waals surface area (Å²) in [4.78, 5) is 13.7. The van der Waals surface area contributed by atoms with Crippen molar-refractivity contribution in [1.82, 2.24) is 4.98 Å². The molecule has 0 aliphatic carbocycles. The second-order valence-electron chi connectivity index (χ2n) is 3.07. The van der Waals surface area contributed by atoms with Crippen LogP contribution in [0.25, 0.3) is 10.9 Å². The molecule has 0 radical (unpaired) electrons. The molecule has 2 rings (SSSR count).